The third kappa shape index (κ3) is 5.88. The van der Waals surface area contributed by atoms with E-state index in [1.807, 2.05) is 26.0 Å². The lowest BCUT2D eigenvalue weighted by molar-refractivity contribution is 0.0848. The van der Waals surface area contributed by atoms with Gasteiger partial charge in [0.2, 0.25) is 10.0 Å². The molecule has 0 aromatic heterocycles. The lowest BCUT2D eigenvalue weighted by Gasteiger charge is -2.34. The maximum atomic E-state index is 11.2. The Morgan fingerprint density at radius 1 is 1.39 bits per heavy atom. The molecule has 2 unspecified atom stereocenters. The molecule has 1 aliphatic rings. The van der Waals surface area contributed by atoms with Crippen molar-refractivity contribution in [1.82, 2.24) is 9.62 Å². The molecule has 0 spiro atoms. The standard InChI is InChI=1S/C17H28N2O3S/c1-13-6-7-14(2)16(9-13)17(20)12-19-8-4-5-15(11-19)10-18-23(3,21)22/h6-7,9,15,17-18,20H,4-5,8,10-12H2,1-3H3. The fourth-order valence-corrected chi connectivity index (χ4v) is 3.75. The number of aryl methyl sites for hydroxylation is 2. The molecule has 23 heavy (non-hydrogen) atoms. The van der Waals surface area contributed by atoms with E-state index in [0.717, 1.165) is 42.6 Å². The highest BCUT2D eigenvalue weighted by Gasteiger charge is 2.23. The van der Waals surface area contributed by atoms with Gasteiger partial charge in [0.1, 0.15) is 0 Å². The molecule has 2 rings (SSSR count). The summed E-state index contributed by atoms with van der Waals surface area (Å²) in [5.74, 6) is 0.310. The number of hydrogen-bond acceptors (Lipinski definition) is 4. The van der Waals surface area contributed by atoms with E-state index in [4.69, 9.17) is 0 Å². The molecular formula is C17H28N2O3S. The fraction of sp³-hybridized carbons (Fsp3) is 0.647. The average Bonchev–Trinajstić information content (AvgIpc) is 2.47. The van der Waals surface area contributed by atoms with Crippen molar-refractivity contribution in [1.29, 1.82) is 0 Å². The van der Waals surface area contributed by atoms with Crippen LogP contribution in [0.4, 0.5) is 0 Å². The maximum Gasteiger partial charge on any atom is 0.208 e. The summed E-state index contributed by atoms with van der Waals surface area (Å²) in [6, 6.07) is 6.15. The molecule has 130 valence electrons. The summed E-state index contributed by atoms with van der Waals surface area (Å²) >= 11 is 0. The Morgan fingerprint density at radius 3 is 2.83 bits per heavy atom. The van der Waals surface area contributed by atoms with Crippen LogP contribution in [0.1, 0.15) is 35.6 Å². The van der Waals surface area contributed by atoms with Crippen LogP contribution in [0.15, 0.2) is 18.2 Å². The Balaban J connectivity index is 1.93. The SMILES string of the molecule is Cc1ccc(C)c(C(O)CN2CCCC(CNS(C)(=O)=O)C2)c1. The van der Waals surface area contributed by atoms with Crippen LogP contribution in [0.3, 0.4) is 0 Å². The first-order valence-electron chi connectivity index (χ1n) is 8.17. The molecule has 1 aromatic rings. The van der Waals surface area contributed by atoms with Gasteiger partial charge in [-0.05, 0) is 50.3 Å². The van der Waals surface area contributed by atoms with Gasteiger partial charge in [-0.2, -0.15) is 0 Å². The minimum absolute atomic E-state index is 0.310. The zero-order valence-electron chi connectivity index (χ0n) is 14.2. The zero-order valence-corrected chi connectivity index (χ0v) is 15.1. The smallest absolute Gasteiger partial charge is 0.208 e. The summed E-state index contributed by atoms with van der Waals surface area (Å²) in [4.78, 5) is 2.24. The van der Waals surface area contributed by atoms with E-state index in [2.05, 4.69) is 15.7 Å². The molecule has 1 saturated heterocycles. The minimum Gasteiger partial charge on any atom is -0.387 e. The van der Waals surface area contributed by atoms with Crippen molar-refractivity contribution >= 4 is 10.0 Å². The Hall–Kier alpha value is -0.950. The highest BCUT2D eigenvalue weighted by Crippen LogP contribution is 2.23. The van der Waals surface area contributed by atoms with Crippen LogP contribution in [0.2, 0.25) is 0 Å². The molecule has 0 saturated carbocycles. The molecule has 0 amide bonds. The number of aliphatic hydroxyl groups excluding tert-OH is 1. The van der Waals surface area contributed by atoms with Gasteiger partial charge < -0.3 is 10.0 Å². The normalized spacial score (nSPS) is 21.3. The van der Waals surface area contributed by atoms with Gasteiger partial charge in [-0.15, -0.1) is 0 Å². The summed E-state index contributed by atoms with van der Waals surface area (Å²) in [7, 11) is -3.14. The summed E-state index contributed by atoms with van der Waals surface area (Å²) < 4.78 is 25.0. The maximum absolute atomic E-state index is 11.2. The van der Waals surface area contributed by atoms with E-state index >= 15 is 0 Å². The van der Waals surface area contributed by atoms with Gasteiger partial charge in [0.25, 0.3) is 0 Å². The number of nitrogens with one attached hydrogen (secondary N) is 1. The molecule has 0 bridgehead atoms. The number of rotatable bonds is 6. The number of likely N-dealkylation sites (tertiary alicyclic amines) is 1. The molecule has 1 aliphatic heterocycles. The second-order valence-corrected chi connectivity index (χ2v) is 8.60. The van der Waals surface area contributed by atoms with Gasteiger partial charge in [-0.3, -0.25) is 0 Å². The molecule has 1 heterocycles. The summed E-state index contributed by atoms with van der Waals surface area (Å²) in [6.07, 6.45) is 2.75. The van der Waals surface area contributed by atoms with Crippen LogP contribution in [0, 0.1) is 19.8 Å². The number of benzene rings is 1. The van der Waals surface area contributed by atoms with Crippen molar-refractivity contribution in [3.8, 4) is 0 Å². The summed E-state index contributed by atoms with van der Waals surface area (Å²) in [5.41, 5.74) is 3.25. The van der Waals surface area contributed by atoms with Crippen molar-refractivity contribution in [3.05, 3.63) is 34.9 Å². The van der Waals surface area contributed by atoms with Crippen LogP contribution in [0.5, 0.6) is 0 Å². The average molecular weight is 340 g/mol. The summed E-state index contributed by atoms with van der Waals surface area (Å²) in [5, 5.41) is 10.6. The quantitative estimate of drug-likeness (QED) is 0.825. The first-order chi connectivity index (χ1) is 10.7. The number of β-amino-alcohol motifs (C(OH)–C–C–N with tert-alkyl or cyclic N) is 1. The molecule has 2 N–H and O–H groups in total. The van der Waals surface area contributed by atoms with E-state index in [1.165, 1.54) is 6.26 Å². The lowest BCUT2D eigenvalue weighted by atomic mass is 9.96. The van der Waals surface area contributed by atoms with Crippen LogP contribution in [-0.2, 0) is 10.0 Å². The van der Waals surface area contributed by atoms with Gasteiger partial charge in [0.15, 0.2) is 0 Å². The topological polar surface area (TPSA) is 69.6 Å². The highest BCUT2D eigenvalue weighted by atomic mass is 32.2. The van der Waals surface area contributed by atoms with Gasteiger partial charge >= 0.3 is 0 Å². The number of piperidine rings is 1. The van der Waals surface area contributed by atoms with Crippen molar-refractivity contribution in [2.75, 3.05) is 32.4 Å². The first kappa shape index (κ1) is 18.4. The molecule has 0 aliphatic carbocycles. The van der Waals surface area contributed by atoms with E-state index in [1.54, 1.807) is 0 Å². The van der Waals surface area contributed by atoms with Gasteiger partial charge in [0.05, 0.1) is 12.4 Å². The van der Waals surface area contributed by atoms with E-state index in [0.29, 0.717) is 19.0 Å². The predicted octanol–water partition coefficient (Wildman–Crippen LogP) is 1.60. The van der Waals surface area contributed by atoms with Gasteiger partial charge in [-0.25, -0.2) is 13.1 Å². The van der Waals surface area contributed by atoms with Crippen molar-refractivity contribution in [3.63, 3.8) is 0 Å². The predicted molar refractivity (Wildman–Crippen MR) is 92.9 cm³/mol. The van der Waals surface area contributed by atoms with Crippen molar-refractivity contribution in [2.24, 2.45) is 5.92 Å². The third-order valence-corrected chi connectivity index (χ3v) is 5.15. The Labute approximate surface area is 139 Å². The van der Waals surface area contributed by atoms with Crippen LogP contribution in [-0.4, -0.2) is 50.9 Å². The zero-order chi connectivity index (χ0) is 17.0. The molecule has 2 atom stereocenters. The first-order valence-corrected chi connectivity index (χ1v) is 10.1. The number of aliphatic hydroxyl groups is 1. The van der Waals surface area contributed by atoms with E-state index < -0.39 is 16.1 Å². The van der Waals surface area contributed by atoms with Crippen LogP contribution in [0.25, 0.3) is 0 Å². The van der Waals surface area contributed by atoms with Crippen LogP contribution < -0.4 is 4.72 Å². The Bertz CT molecular complexity index is 631. The second-order valence-electron chi connectivity index (χ2n) is 6.76. The number of sulfonamides is 1. The molecule has 0 radical (unpaired) electrons. The molecule has 1 aromatic carbocycles. The molecular weight excluding hydrogens is 312 g/mol. The Morgan fingerprint density at radius 2 is 2.13 bits per heavy atom. The van der Waals surface area contributed by atoms with E-state index in [-0.39, 0.29) is 0 Å². The fourth-order valence-electron chi connectivity index (χ4n) is 3.21. The van der Waals surface area contributed by atoms with Gasteiger partial charge in [0, 0.05) is 19.6 Å². The van der Waals surface area contributed by atoms with Crippen LogP contribution >= 0.6 is 0 Å². The lowest BCUT2D eigenvalue weighted by Crippen LogP contribution is -2.42. The van der Waals surface area contributed by atoms with Crippen molar-refractivity contribution in [2.45, 2.75) is 32.8 Å². The molecule has 1 fully saturated rings. The highest BCUT2D eigenvalue weighted by molar-refractivity contribution is 7.88. The molecule has 6 heteroatoms. The van der Waals surface area contributed by atoms with Gasteiger partial charge in [-0.1, -0.05) is 23.8 Å². The minimum atomic E-state index is -3.14. The van der Waals surface area contributed by atoms with E-state index in [9.17, 15) is 13.5 Å². The second kappa shape index (κ2) is 7.75. The molecule has 5 nitrogen and oxygen atoms in total. The number of hydrogen-bond donors (Lipinski definition) is 2. The van der Waals surface area contributed by atoms with Crippen molar-refractivity contribution < 1.29 is 13.5 Å². The summed E-state index contributed by atoms with van der Waals surface area (Å²) in [6.45, 7) is 6.91. The number of nitrogens with zero attached hydrogens (tertiary/aromatic N) is 1. The third-order valence-electron chi connectivity index (χ3n) is 4.46. The monoisotopic (exact) mass is 340 g/mol. The Kier molecular flexibility index (Phi) is 6.19. The largest absolute Gasteiger partial charge is 0.387 e.